The smallest absolute Gasteiger partial charge is 0.256 e. The van der Waals surface area contributed by atoms with Crippen LogP contribution in [-0.4, -0.2) is 118 Å². The maximum absolute atomic E-state index is 13.1. The minimum atomic E-state index is -2.40. The lowest BCUT2D eigenvalue weighted by Crippen LogP contribution is -2.65. The molecule has 6 saturated heterocycles. The van der Waals surface area contributed by atoms with Gasteiger partial charge in [0.25, 0.3) is 23.7 Å². The second-order valence-electron chi connectivity index (χ2n) is 16.5. The number of piperidine rings is 5. The van der Waals surface area contributed by atoms with Crippen molar-refractivity contribution in [2.45, 2.75) is 173 Å². The van der Waals surface area contributed by atoms with Crippen molar-refractivity contribution in [2.24, 2.45) is 17.8 Å². The minimum Gasteiger partial charge on any atom is -0.300 e. The molecule has 3 aliphatic carbocycles. The van der Waals surface area contributed by atoms with Crippen molar-refractivity contribution >= 4 is 0 Å². The van der Waals surface area contributed by atoms with Crippen LogP contribution >= 0.6 is 0 Å². The third-order valence-electron chi connectivity index (χ3n) is 11.8. The first-order valence-electron chi connectivity index (χ1n) is 18.1. The Kier molecular flexibility index (Phi) is 12.0. The number of likely N-dealkylation sites (tertiary alicyclic amines) is 2. The standard InChI is InChI=1S/3C9H15F2N.C8H15F2N/c1-6(2)12-5-7-3-8(12)4-9(7,10)11;1-6(2)12-4-7-3-8(5-12)9(7,10)11;1-6(2)12-7-3-8(12)5-9(10,11)4-7;1-7(2)11-5-3-8(9,10)4-6-11/h3*6-8H,3-5H2,1-2H3;7H,3-6H2,1-2H3. The summed E-state index contributed by atoms with van der Waals surface area (Å²) >= 11 is 0. The van der Waals surface area contributed by atoms with Crippen LogP contribution in [0.4, 0.5) is 35.1 Å². The van der Waals surface area contributed by atoms with E-state index in [0.717, 1.165) is 12.8 Å². The molecule has 4 nitrogen and oxygen atoms in total. The molecule has 6 bridgehead atoms. The van der Waals surface area contributed by atoms with Crippen LogP contribution < -0.4 is 0 Å². The summed E-state index contributed by atoms with van der Waals surface area (Å²) < 4.78 is 103. The first kappa shape index (κ1) is 39.1. The van der Waals surface area contributed by atoms with E-state index in [9.17, 15) is 35.1 Å². The van der Waals surface area contributed by atoms with Crippen LogP contribution in [0.5, 0.6) is 0 Å². The van der Waals surface area contributed by atoms with Crippen LogP contribution in [0.1, 0.15) is 107 Å². The Labute approximate surface area is 277 Å². The average molecular weight is 689 g/mol. The fraction of sp³-hybridized carbons (Fsp3) is 1.00. The Bertz CT molecular complexity index is 976. The first-order valence-corrected chi connectivity index (χ1v) is 18.1. The van der Waals surface area contributed by atoms with Crippen molar-refractivity contribution in [3.63, 3.8) is 0 Å². The molecule has 0 aromatic rings. The van der Waals surface area contributed by atoms with Crippen LogP contribution in [0.25, 0.3) is 0 Å². The van der Waals surface area contributed by atoms with Gasteiger partial charge < -0.3 is 4.90 Å². The number of alkyl halides is 8. The molecular formula is C35H60F8N4. The number of halogens is 8. The normalized spacial score (nSPS) is 36.5. The van der Waals surface area contributed by atoms with E-state index in [1.807, 2.05) is 13.8 Å². The van der Waals surface area contributed by atoms with Crippen molar-refractivity contribution in [1.29, 1.82) is 0 Å². The molecule has 6 aliphatic heterocycles. The molecule has 0 spiro atoms. The zero-order valence-corrected chi connectivity index (χ0v) is 29.8. The molecule has 0 amide bonds. The van der Waals surface area contributed by atoms with Crippen molar-refractivity contribution in [3.8, 4) is 0 Å². The highest BCUT2D eigenvalue weighted by Gasteiger charge is 2.61. The van der Waals surface area contributed by atoms with Crippen LogP contribution in [0.2, 0.25) is 0 Å². The maximum Gasteiger partial charge on any atom is 0.256 e. The lowest BCUT2D eigenvalue weighted by molar-refractivity contribution is -0.230. The van der Waals surface area contributed by atoms with Crippen LogP contribution in [-0.2, 0) is 0 Å². The molecule has 276 valence electrons. The summed E-state index contributed by atoms with van der Waals surface area (Å²) in [5, 5.41) is 0. The Morgan fingerprint density at radius 1 is 0.489 bits per heavy atom. The molecule has 0 N–H and O–H groups in total. The van der Waals surface area contributed by atoms with E-state index in [4.69, 9.17) is 0 Å². The van der Waals surface area contributed by atoms with Gasteiger partial charge in [0.15, 0.2) is 0 Å². The van der Waals surface area contributed by atoms with Gasteiger partial charge in [-0.25, -0.2) is 35.1 Å². The summed E-state index contributed by atoms with van der Waals surface area (Å²) in [5.41, 5.74) is 0. The van der Waals surface area contributed by atoms with Gasteiger partial charge in [-0.3, -0.25) is 14.7 Å². The fourth-order valence-electron chi connectivity index (χ4n) is 8.93. The number of hydrogen-bond acceptors (Lipinski definition) is 4. The third kappa shape index (κ3) is 9.15. The van der Waals surface area contributed by atoms with Crippen molar-refractivity contribution < 1.29 is 35.1 Å². The van der Waals surface area contributed by atoms with E-state index in [1.54, 1.807) is 0 Å². The molecule has 0 aromatic heterocycles. The predicted molar refractivity (Wildman–Crippen MR) is 171 cm³/mol. The minimum absolute atomic E-state index is 0.0329. The van der Waals surface area contributed by atoms with Gasteiger partial charge in [0.05, 0.1) is 0 Å². The van der Waals surface area contributed by atoms with Crippen LogP contribution in [0.15, 0.2) is 0 Å². The first-order chi connectivity index (χ1) is 21.5. The average Bonchev–Trinajstić information content (AvgIpc) is 3.49. The number of rotatable bonds is 4. The summed E-state index contributed by atoms with van der Waals surface area (Å²) in [6.45, 7) is 19.5. The van der Waals surface area contributed by atoms with Gasteiger partial charge in [0.1, 0.15) is 0 Å². The zero-order valence-electron chi connectivity index (χ0n) is 29.8. The van der Waals surface area contributed by atoms with Crippen LogP contribution in [0, 0.1) is 17.8 Å². The van der Waals surface area contributed by atoms with E-state index < -0.39 is 23.7 Å². The SMILES string of the molecule is CC(C)N1C2CC1CC(F)(F)C2.CC(C)N1CC2CC(C1)C2(F)F.CC(C)N1CC2CC1CC2(F)F.CC(C)N1CCC(F)(F)CC1. The number of fused-ring (bicyclic) bond motifs is 6. The van der Waals surface area contributed by atoms with E-state index in [-0.39, 0.29) is 68.0 Å². The van der Waals surface area contributed by atoms with Gasteiger partial charge in [-0.05, 0) is 74.7 Å². The monoisotopic (exact) mass is 688 g/mol. The zero-order chi connectivity index (χ0) is 35.3. The Morgan fingerprint density at radius 3 is 1.36 bits per heavy atom. The highest BCUT2D eigenvalue weighted by Crippen LogP contribution is 2.53. The molecule has 6 heterocycles. The lowest BCUT2D eigenvalue weighted by Gasteiger charge is -2.57. The molecule has 47 heavy (non-hydrogen) atoms. The topological polar surface area (TPSA) is 13.0 Å². The molecule has 6 atom stereocenters. The van der Waals surface area contributed by atoms with Crippen molar-refractivity contribution in [3.05, 3.63) is 0 Å². The highest BCUT2D eigenvalue weighted by atomic mass is 19.3. The van der Waals surface area contributed by atoms with Gasteiger partial charge in [-0.1, -0.05) is 0 Å². The van der Waals surface area contributed by atoms with Gasteiger partial charge >= 0.3 is 0 Å². The molecule has 9 rings (SSSR count). The van der Waals surface area contributed by atoms with Crippen LogP contribution in [0.3, 0.4) is 0 Å². The summed E-state index contributed by atoms with van der Waals surface area (Å²) in [5.74, 6) is -10.5. The largest absolute Gasteiger partial charge is 0.300 e. The predicted octanol–water partition coefficient (Wildman–Crippen LogP) is 8.50. The number of hydrogen-bond donors (Lipinski definition) is 0. The second-order valence-corrected chi connectivity index (χ2v) is 16.5. The third-order valence-corrected chi connectivity index (χ3v) is 11.8. The van der Waals surface area contributed by atoms with Crippen molar-refractivity contribution in [1.82, 2.24) is 19.6 Å². The molecule has 3 saturated carbocycles. The Morgan fingerprint density at radius 2 is 1.00 bits per heavy atom. The summed E-state index contributed by atoms with van der Waals surface area (Å²) in [6.07, 6.45) is 2.78. The highest BCUT2D eigenvalue weighted by molar-refractivity contribution is 5.05. The molecule has 0 aromatic carbocycles. The molecular weight excluding hydrogens is 628 g/mol. The van der Waals surface area contributed by atoms with Gasteiger partial charge in [-0.2, -0.15) is 0 Å². The quantitative estimate of drug-likeness (QED) is 0.275. The molecule has 12 heteroatoms. The van der Waals surface area contributed by atoms with E-state index in [0.29, 0.717) is 63.3 Å². The van der Waals surface area contributed by atoms with E-state index >= 15 is 0 Å². The molecule has 9 fully saturated rings. The van der Waals surface area contributed by atoms with Crippen molar-refractivity contribution in [2.75, 3.05) is 32.7 Å². The van der Waals surface area contributed by atoms with Gasteiger partial charge in [0.2, 0.25) is 0 Å². The Hall–Kier alpha value is -0.720. The van der Waals surface area contributed by atoms with E-state index in [1.165, 1.54) is 0 Å². The van der Waals surface area contributed by atoms with E-state index in [2.05, 4.69) is 61.1 Å². The van der Waals surface area contributed by atoms with Gasteiger partial charge in [-0.15, -0.1) is 0 Å². The lowest BCUT2D eigenvalue weighted by atomic mass is 9.67. The summed E-state index contributed by atoms with van der Waals surface area (Å²) in [6, 6.07) is 2.18. The fourth-order valence-corrected chi connectivity index (χ4v) is 8.93. The summed E-state index contributed by atoms with van der Waals surface area (Å²) in [7, 11) is 0. The second kappa shape index (κ2) is 14.5. The maximum atomic E-state index is 13.1. The van der Waals surface area contributed by atoms with Gasteiger partial charge in [0, 0.05) is 125 Å². The molecule has 0 radical (unpaired) electrons. The summed E-state index contributed by atoms with van der Waals surface area (Å²) in [4.78, 5) is 8.70. The molecule has 9 aliphatic rings. The molecule has 6 unspecified atom stereocenters. The number of nitrogens with zero attached hydrogens (tertiary/aromatic N) is 4. The Balaban J connectivity index is 0.000000142.